The van der Waals surface area contributed by atoms with Crippen LogP contribution >= 0.6 is 0 Å². The van der Waals surface area contributed by atoms with Gasteiger partial charge in [-0.25, -0.2) is 9.59 Å². The quantitative estimate of drug-likeness (QED) is 0.832. The number of carboxylic acids is 2. The average molecular weight is 265 g/mol. The Balaban J connectivity index is 2.27. The molecule has 1 aromatic carbocycles. The van der Waals surface area contributed by atoms with E-state index in [9.17, 15) is 14.4 Å². The van der Waals surface area contributed by atoms with Crippen molar-refractivity contribution in [2.45, 2.75) is 18.9 Å². The molecule has 1 atom stereocenters. The summed E-state index contributed by atoms with van der Waals surface area (Å²) in [5.74, 6) is -2.93. The molecule has 0 bridgehead atoms. The van der Waals surface area contributed by atoms with Crippen molar-refractivity contribution >= 4 is 17.8 Å². The monoisotopic (exact) mass is 265 g/mol. The van der Waals surface area contributed by atoms with Gasteiger partial charge in [0.15, 0.2) is 11.8 Å². The first-order valence-corrected chi connectivity index (χ1v) is 5.56. The minimum Gasteiger partial charge on any atom is -0.480 e. The summed E-state index contributed by atoms with van der Waals surface area (Å²) in [6, 6.07) is 4.64. The molecule has 1 amide bonds. The van der Waals surface area contributed by atoms with E-state index in [-0.39, 0.29) is 24.2 Å². The fourth-order valence-electron chi connectivity index (χ4n) is 1.83. The van der Waals surface area contributed by atoms with E-state index in [2.05, 4.69) is 0 Å². The zero-order valence-electron chi connectivity index (χ0n) is 9.78. The zero-order valence-corrected chi connectivity index (χ0v) is 9.78. The van der Waals surface area contributed by atoms with E-state index in [0.29, 0.717) is 0 Å². The number of benzene rings is 1. The molecule has 19 heavy (non-hydrogen) atoms. The molecular formula is C12H11NO6. The number of nitrogens with zero attached hydrogens (tertiary/aromatic N) is 1. The van der Waals surface area contributed by atoms with Crippen LogP contribution < -0.4 is 4.84 Å². The Labute approximate surface area is 108 Å². The molecule has 7 heteroatoms. The number of para-hydroxylation sites is 1. The van der Waals surface area contributed by atoms with E-state index in [1.54, 1.807) is 0 Å². The van der Waals surface area contributed by atoms with Crippen molar-refractivity contribution < 1.29 is 29.4 Å². The number of hydroxylamine groups is 2. The number of rotatable bonds is 4. The lowest BCUT2D eigenvalue weighted by Crippen LogP contribution is -2.41. The average Bonchev–Trinajstić information content (AvgIpc) is 2.72. The highest BCUT2D eigenvalue weighted by Crippen LogP contribution is 2.25. The lowest BCUT2D eigenvalue weighted by molar-refractivity contribution is -0.169. The van der Waals surface area contributed by atoms with Crippen LogP contribution in [0.3, 0.4) is 0 Å². The van der Waals surface area contributed by atoms with Crippen LogP contribution in [0.4, 0.5) is 0 Å². The molecule has 100 valence electrons. The first-order chi connectivity index (χ1) is 9.00. The molecule has 2 N–H and O–H groups in total. The molecule has 1 aliphatic heterocycles. The van der Waals surface area contributed by atoms with Crippen LogP contribution in [0, 0.1) is 0 Å². The Morgan fingerprint density at radius 2 is 1.95 bits per heavy atom. The van der Waals surface area contributed by atoms with E-state index < -0.39 is 23.9 Å². The van der Waals surface area contributed by atoms with Crippen molar-refractivity contribution in [3.05, 3.63) is 29.8 Å². The molecule has 0 unspecified atom stereocenters. The molecule has 0 radical (unpaired) electrons. The highest BCUT2D eigenvalue weighted by molar-refractivity contribution is 5.91. The van der Waals surface area contributed by atoms with Gasteiger partial charge < -0.3 is 15.1 Å². The second kappa shape index (κ2) is 4.97. The third-order valence-electron chi connectivity index (χ3n) is 2.76. The molecule has 7 nitrogen and oxygen atoms in total. The van der Waals surface area contributed by atoms with E-state index in [1.807, 2.05) is 0 Å². The minimum absolute atomic E-state index is 0.0588. The molecule has 1 heterocycles. The normalized spacial score (nSPS) is 18.4. The van der Waals surface area contributed by atoms with Crippen LogP contribution in [0.1, 0.15) is 23.2 Å². The van der Waals surface area contributed by atoms with E-state index in [4.69, 9.17) is 15.1 Å². The zero-order chi connectivity index (χ0) is 14.0. The summed E-state index contributed by atoms with van der Waals surface area (Å²) in [4.78, 5) is 38.7. The van der Waals surface area contributed by atoms with Crippen LogP contribution in [0.5, 0.6) is 5.75 Å². The summed E-state index contributed by atoms with van der Waals surface area (Å²) in [5, 5.41) is 18.7. The minimum atomic E-state index is -1.21. The molecule has 2 rings (SSSR count). The first-order valence-electron chi connectivity index (χ1n) is 5.56. The highest BCUT2D eigenvalue weighted by atomic mass is 16.7. The van der Waals surface area contributed by atoms with Crippen molar-refractivity contribution in [1.82, 2.24) is 5.06 Å². The predicted molar refractivity (Wildman–Crippen MR) is 61.5 cm³/mol. The van der Waals surface area contributed by atoms with Crippen LogP contribution in [0.15, 0.2) is 24.3 Å². The SMILES string of the molecule is O=C(O)c1ccccc1ON1C(=O)CC[C@H]1C(=O)O. The lowest BCUT2D eigenvalue weighted by Gasteiger charge is -2.21. The van der Waals surface area contributed by atoms with E-state index in [0.717, 1.165) is 5.06 Å². The van der Waals surface area contributed by atoms with Gasteiger partial charge in [-0.2, -0.15) is 5.06 Å². The first kappa shape index (κ1) is 12.9. The maximum Gasteiger partial charge on any atom is 0.339 e. The summed E-state index contributed by atoms with van der Waals surface area (Å²) in [6.45, 7) is 0. The van der Waals surface area contributed by atoms with E-state index in [1.165, 1.54) is 24.3 Å². The van der Waals surface area contributed by atoms with Gasteiger partial charge in [-0.1, -0.05) is 12.1 Å². The highest BCUT2D eigenvalue weighted by Gasteiger charge is 2.38. The maximum atomic E-state index is 11.6. The van der Waals surface area contributed by atoms with E-state index >= 15 is 0 Å². The summed E-state index contributed by atoms with van der Waals surface area (Å²) in [6.07, 6.45) is 0.204. The van der Waals surface area contributed by atoms with Gasteiger partial charge in [-0.05, 0) is 18.6 Å². The largest absolute Gasteiger partial charge is 0.480 e. The van der Waals surface area contributed by atoms with Crippen molar-refractivity contribution in [2.75, 3.05) is 0 Å². The van der Waals surface area contributed by atoms with Crippen molar-refractivity contribution in [2.24, 2.45) is 0 Å². The maximum absolute atomic E-state index is 11.6. The molecule has 1 fully saturated rings. The van der Waals surface area contributed by atoms with Crippen LogP contribution in [0.25, 0.3) is 0 Å². The van der Waals surface area contributed by atoms with Gasteiger partial charge in [0.05, 0.1) is 0 Å². The number of carboxylic acid groups (broad SMARTS) is 2. The molecule has 1 saturated heterocycles. The number of hydrogen-bond acceptors (Lipinski definition) is 4. The fraction of sp³-hybridized carbons (Fsp3) is 0.250. The number of carbonyl (C=O) groups is 3. The summed E-state index contributed by atoms with van der Waals surface area (Å²) in [7, 11) is 0. The summed E-state index contributed by atoms with van der Waals surface area (Å²) in [5.41, 5.74) is -0.133. The Hall–Kier alpha value is -2.57. The Bertz CT molecular complexity index is 541. The number of hydrogen-bond donors (Lipinski definition) is 2. The van der Waals surface area contributed by atoms with Crippen LogP contribution in [-0.2, 0) is 9.59 Å². The van der Waals surface area contributed by atoms with Gasteiger partial charge in [0.25, 0.3) is 5.91 Å². The van der Waals surface area contributed by atoms with Crippen molar-refractivity contribution in [3.63, 3.8) is 0 Å². The second-order valence-electron chi connectivity index (χ2n) is 4.00. The second-order valence-corrected chi connectivity index (χ2v) is 4.00. The Kier molecular flexibility index (Phi) is 3.37. The van der Waals surface area contributed by atoms with Crippen LogP contribution in [0.2, 0.25) is 0 Å². The van der Waals surface area contributed by atoms with Crippen LogP contribution in [-0.4, -0.2) is 39.2 Å². The molecule has 0 aromatic heterocycles. The van der Waals surface area contributed by atoms with Gasteiger partial charge >= 0.3 is 11.9 Å². The van der Waals surface area contributed by atoms with Crippen molar-refractivity contribution in [3.8, 4) is 5.75 Å². The molecule has 0 aliphatic carbocycles. The summed E-state index contributed by atoms with van der Waals surface area (Å²) < 4.78 is 0. The molecule has 1 aliphatic rings. The lowest BCUT2D eigenvalue weighted by atomic mass is 10.2. The molecule has 1 aromatic rings. The number of carbonyl (C=O) groups excluding carboxylic acids is 1. The number of aliphatic carboxylic acids is 1. The number of amides is 1. The molecular weight excluding hydrogens is 254 g/mol. The van der Waals surface area contributed by atoms with Gasteiger partial charge in [0, 0.05) is 6.42 Å². The molecule has 0 spiro atoms. The van der Waals surface area contributed by atoms with Gasteiger partial charge in [-0.3, -0.25) is 4.79 Å². The predicted octanol–water partition coefficient (Wildman–Crippen LogP) is 0.754. The Morgan fingerprint density at radius 1 is 1.26 bits per heavy atom. The fourth-order valence-corrected chi connectivity index (χ4v) is 1.83. The third-order valence-corrected chi connectivity index (χ3v) is 2.76. The smallest absolute Gasteiger partial charge is 0.339 e. The topological polar surface area (TPSA) is 104 Å². The standard InChI is InChI=1S/C12H11NO6/c14-10-6-5-8(12(17)18)13(10)19-9-4-2-1-3-7(9)11(15)16/h1-4,8H,5-6H2,(H,15,16)(H,17,18)/t8-/m0/s1. The van der Waals surface area contributed by atoms with Gasteiger partial charge in [0.2, 0.25) is 0 Å². The Morgan fingerprint density at radius 3 is 2.58 bits per heavy atom. The summed E-state index contributed by atoms with van der Waals surface area (Å²) >= 11 is 0. The number of aromatic carboxylic acids is 1. The third kappa shape index (κ3) is 2.49. The van der Waals surface area contributed by atoms with Gasteiger partial charge in [0.1, 0.15) is 5.56 Å². The molecule has 0 saturated carbocycles. The van der Waals surface area contributed by atoms with Crippen molar-refractivity contribution in [1.29, 1.82) is 0 Å². The van der Waals surface area contributed by atoms with Gasteiger partial charge in [-0.15, -0.1) is 0 Å².